The Kier molecular flexibility index (Phi) is 5.10. The molecule has 0 spiro atoms. The Hall–Kier alpha value is -1.90. The van der Waals surface area contributed by atoms with Crippen LogP contribution in [0.4, 0.5) is 0 Å². The van der Waals surface area contributed by atoms with E-state index in [-0.39, 0.29) is 6.42 Å². The van der Waals surface area contributed by atoms with E-state index in [1.165, 1.54) is 33.5 Å². The molecule has 1 atom stereocenters. The van der Waals surface area contributed by atoms with Gasteiger partial charge < -0.3 is 15.0 Å². The first-order valence-corrected chi connectivity index (χ1v) is 8.04. The number of aromatic amines is 1. The van der Waals surface area contributed by atoms with Crippen molar-refractivity contribution in [2.24, 2.45) is 0 Å². The van der Waals surface area contributed by atoms with Crippen LogP contribution in [-0.2, 0) is 30.6 Å². The van der Waals surface area contributed by atoms with E-state index in [2.05, 4.69) is 20.0 Å². The van der Waals surface area contributed by atoms with E-state index in [9.17, 15) is 18.0 Å². The summed E-state index contributed by atoms with van der Waals surface area (Å²) in [5.41, 5.74) is 0.614. The molecule has 0 radical (unpaired) electrons. The van der Waals surface area contributed by atoms with Crippen LogP contribution in [-0.4, -0.2) is 54.4 Å². The van der Waals surface area contributed by atoms with Crippen LogP contribution in [0.2, 0.25) is 0 Å². The van der Waals surface area contributed by atoms with Crippen molar-refractivity contribution >= 4 is 21.7 Å². The summed E-state index contributed by atoms with van der Waals surface area (Å²) >= 11 is 0. The molecule has 0 aliphatic carbocycles. The largest absolute Gasteiger partial charge is 0.467 e. The zero-order chi connectivity index (χ0) is 16.3. The molecule has 1 aromatic rings. The fourth-order valence-electron chi connectivity index (χ4n) is 1.45. The van der Waals surface area contributed by atoms with Crippen LogP contribution in [0.5, 0.6) is 0 Å². The third kappa shape index (κ3) is 4.03. The number of carbonyl (C=O) groups excluding carboxylic acids is 2. The number of methoxy groups -OCH3 is 1. The van der Waals surface area contributed by atoms with Crippen LogP contribution in [0.15, 0.2) is 12.5 Å². The summed E-state index contributed by atoms with van der Waals surface area (Å²) in [5.74, 6) is -1.43. The van der Waals surface area contributed by atoms with Gasteiger partial charge in [0.1, 0.15) is 10.8 Å². The molecule has 1 amide bonds. The molecule has 0 aliphatic heterocycles. The Bertz CT molecular complexity index is 607. The highest BCUT2D eigenvalue weighted by atomic mass is 32.2. The summed E-state index contributed by atoms with van der Waals surface area (Å²) in [5, 5.41) is 2.41. The summed E-state index contributed by atoms with van der Waals surface area (Å²) < 4.78 is 26.3. The van der Waals surface area contributed by atoms with E-state index in [0.717, 1.165) is 6.26 Å². The molecular weight excluding hydrogens is 298 g/mol. The smallest absolute Gasteiger partial charge is 0.328 e. The molecule has 2 N–H and O–H groups in total. The number of amides is 1. The van der Waals surface area contributed by atoms with Gasteiger partial charge in [0.25, 0.3) is 0 Å². The van der Waals surface area contributed by atoms with Gasteiger partial charge in [0, 0.05) is 24.6 Å². The van der Waals surface area contributed by atoms with Crippen LogP contribution >= 0.6 is 0 Å². The monoisotopic (exact) mass is 317 g/mol. The summed E-state index contributed by atoms with van der Waals surface area (Å²) in [6.07, 6.45) is 4.03. The van der Waals surface area contributed by atoms with Gasteiger partial charge in [-0.25, -0.2) is 18.2 Å². The number of nitrogens with one attached hydrogen (secondary N) is 2. The maximum atomic E-state index is 12.1. The lowest BCUT2D eigenvalue weighted by Gasteiger charge is -2.24. The van der Waals surface area contributed by atoms with Crippen molar-refractivity contribution in [2.45, 2.75) is 31.1 Å². The number of aromatic nitrogens is 2. The topological polar surface area (TPSA) is 118 Å². The van der Waals surface area contributed by atoms with E-state index in [4.69, 9.17) is 0 Å². The van der Waals surface area contributed by atoms with E-state index in [1.807, 2.05) is 0 Å². The third-order valence-electron chi connectivity index (χ3n) is 3.24. The van der Waals surface area contributed by atoms with E-state index in [0.29, 0.717) is 5.69 Å². The van der Waals surface area contributed by atoms with Crippen molar-refractivity contribution in [1.29, 1.82) is 0 Å². The zero-order valence-corrected chi connectivity index (χ0v) is 13.2. The average molecular weight is 317 g/mol. The quantitative estimate of drug-likeness (QED) is 0.679. The van der Waals surface area contributed by atoms with Crippen molar-refractivity contribution < 1.29 is 22.7 Å². The van der Waals surface area contributed by atoms with E-state index < -0.39 is 32.5 Å². The molecule has 0 fully saturated rings. The van der Waals surface area contributed by atoms with Crippen molar-refractivity contribution in [2.75, 3.05) is 13.4 Å². The molecule has 0 saturated carbocycles. The molecule has 9 heteroatoms. The SMILES string of the molecule is COC(=O)[C@H](Cc1cnc[nH]1)NC(=O)C(C)(C)S(C)(=O)=O. The Morgan fingerprint density at radius 1 is 1.48 bits per heavy atom. The van der Waals surface area contributed by atoms with Gasteiger partial charge in [0.05, 0.1) is 13.4 Å². The third-order valence-corrected chi connectivity index (χ3v) is 5.28. The van der Waals surface area contributed by atoms with Crippen LogP contribution in [0.3, 0.4) is 0 Å². The molecule has 21 heavy (non-hydrogen) atoms. The number of ether oxygens (including phenoxy) is 1. The minimum Gasteiger partial charge on any atom is -0.467 e. The number of nitrogens with zero attached hydrogens (tertiary/aromatic N) is 1. The van der Waals surface area contributed by atoms with E-state index in [1.54, 1.807) is 0 Å². The molecular formula is C12H19N3O5S. The molecule has 8 nitrogen and oxygen atoms in total. The van der Waals surface area contributed by atoms with Gasteiger partial charge in [-0.05, 0) is 13.8 Å². The lowest BCUT2D eigenvalue weighted by atomic mass is 10.1. The maximum Gasteiger partial charge on any atom is 0.328 e. The number of hydrogen-bond donors (Lipinski definition) is 2. The fourth-order valence-corrected chi connectivity index (χ4v) is 1.85. The van der Waals surface area contributed by atoms with Gasteiger partial charge in [-0.3, -0.25) is 4.79 Å². The molecule has 0 unspecified atom stereocenters. The highest BCUT2D eigenvalue weighted by Gasteiger charge is 2.40. The first kappa shape index (κ1) is 17.2. The minimum absolute atomic E-state index is 0.123. The van der Waals surface area contributed by atoms with Crippen molar-refractivity contribution in [3.8, 4) is 0 Å². The van der Waals surface area contributed by atoms with Crippen molar-refractivity contribution in [3.05, 3.63) is 18.2 Å². The van der Waals surface area contributed by atoms with Gasteiger partial charge in [-0.1, -0.05) is 0 Å². The molecule has 1 aromatic heterocycles. The second-order valence-corrected chi connectivity index (χ2v) is 7.68. The predicted octanol–water partition coefficient (Wildman–Crippen LogP) is -0.567. The molecule has 118 valence electrons. The number of sulfone groups is 1. The van der Waals surface area contributed by atoms with Crippen LogP contribution in [0.1, 0.15) is 19.5 Å². The fraction of sp³-hybridized carbons (Fsp3) is 0.583. The number of esters is 1. The summed E-state index contributed by atoms with van der Waals surface area (Å²) in [7, 11) is -2.44. The Labute approximate surface area is 123 Å². The van der Waals surface area contributed by atoms with E-state index >= 15 is 0 Å². The van der Waals surface area contributed by atoms with Crippen LogP contribution in [0, 0.1) is 0 Å². The Balaban J connectivity index is 2.92. The number of carbonyl (C=O) groups is 2. The van der Waals surface area contributed by atoms with Gasteiger partial charge >= 0.3 is 5.97 Å². The lowest BCUT2D eigenvalue weighted by molar-refractivity contribution is -0.145. The molecule has 0 saturated heterocycles. The maximum absolute atomic E-state index is 12.1. The van der Waals surface area contributed by atoms with Gasteiger partial charge in [0.2, 0.25) is 5.91 Å². The van der Waals surface area contributed by atoms with Crippen molar-refractivity contribution in [3.63, 3.8) is 0 Å². The summed E-state index contributed by atoms with van der Waals surface area (Å²) in [6, 6.07) is -0.996. The van der Waals surface area contributed by atoms with Crippen LogP contribution in [0.25, 0.3) is 0 Å². The molecule has 1 heterocycles. The first-order chi connectivity index (χ1) is 9.59. The normalized spacial score (nSPS) is 13.5. The lowest BCUT2D eigenvalue weighted by Crippen LogP contribution is -2.53. The van der Waals surface area contributed by atoms with Crippen LogP contribution < -0.4 is 5.32 Å². The highest BCUT2D eigenvalue weighted by Crippen LogP contribution is 2.16. The van der Waals surface area contributed by atoms with Gasteiger partial charge in [0.15, 0.2) is 9.84 Å². The summed E-state index contributed by atoms with van der Waals surface area (Å²) in [6.45, 7) is 2.56. The Morgan fingerprint density at radius 3 is 2.52 bits per heavy atom. The predicted molar refractivity (Wildman–Crippen MR) is 75.2 cm³/mol. The molecule has 0 aliphatic rings. The molecule has 0 aromatic carbocycles. The second-order valence-electron chi connectivity index (χ2n) is 5.11. The van der Waals surface area contributed by atoms with Gasteiger partial charge in [-0.15, -0.1) is 0 Å². The molecule has 0 bridgehead atoms. The average Bonchev–Trinajstić information content (AvgIpc) is 2.88. The number of rotatable bonds is 6. The number of imidazole rings is 1. The molecule has 1 rings (SSSR count). The van der Waals surface area contributed by atoms with Crippen molar-refractivity contribution in [1.82, 2.24) is 15.3 Å². The zero-order valence-electron chi connectivity index (χ0n) is 12.3. The highest BCUT2D eigenvalue weighted by molar-refractivity contribution is 7.92. The first-order valence-electron chi connectivity index (χ1n) is 6.15. The van der Waals surface area contributed by atoms with Gasteiger partial charge in [-0.2, -0.15) is 0 Å². The standard InChI is InChI=1S/C12H19N3O5S/c1-12(2,21(4,18)19)11(17)15-9(10(16)20-3)5-8-6-13-7-14-8/h6-7,9H,5H2,1-4H3,(H,13,14)(H,15,17)/t9-/m0/s1. The Morgan fingerprint density at radius 2 is 2.10 bits per heavy atom. The number of hydrogen-bond acceptors (Lipinski definition) is 6. The minimum atomic E-state index is -3.63. The number of H-pyrrole nitrogens is 1. The summed E-state index contributed by atoms with van der Waals surface area (Å²) in [4.78, 5) is 30.5. The second kappa shape index (κ2) is 6.25.